The molecule has 1 aliphatic rings. The zero-order chi connectivity index (χ0) is 19.2. The van der Waals surface area contributed by atoms with Gasteiger partial charge in [-0.25, -0.2) is 0 Å². The molecule has 144 valence electrons. The second-order valence-corrected chi connectivity index (χ2v) is 7.19. The highest BCUT2D eigenvalue weighted by atomic mass is 16.2. The van der Waals surface area contributed by atoms with Crippen molar-refractivity contribution in [3.63, 3.8) is 0 Å². The minimum Gasteiger partial charge on any atom is -0.353 e. The van der Waals surface area contributed by atoms with Crippen LogP contribution in [0.2, 0.25) is 0 Å². The third kappa shape index (κ3) is 5.40. The molecule has 1 aliphatic heterocycles. The van der Waals surface area contributed by atoms with E-state index in [1.807, 2.05) is 60.0 Å². The van der Waals surface area contributed by atoms with Crippen molar-refractivity contribution < 1.29 is 9.59 Å². The van der Waals surface area contributed by atoms with E-state index in [-0.39, 0.29) is 17.9 Å². The van der Waals surface area contributed by atoms with Gasteiger partial charge in [-0.2, -0.15) is 5.10 Å². The van der Waals surface area contributed by atoms with Gasteiger partial charge in [-0.3, -0.25) is 19.2 Å². The maximum atomic E-state index is 12.7. The largest absolute Gasteiger partial charge is 0.353 e. The molecule has 2 aromatic rings. The van der Waals surface area contributed by atoms with Crippen LogP contribution in [-0.4, -0.2) is 70.2 Å². The normalized spacial score (nSPS) is 15.1. The minimum absolute atomic E-state index is 0.0394. The smallest absolute Gasteiger partial charge is 0.253 e. The van der Waals surface area contributed by atoms with E-state index in [4.69, 9.17) is 0 Å². The molecular weight excluding hydrogens is 342 g/mol. The number of rotatable bonds is 6. The van der Waals surface area contributed by atoms with Gasteiger partial charge in [0.05, 0.1) is 13.1 Å². The summed E-state index contributed by atoms with van der Waals surface area (Å²) in [5.41, 5.74) is 1.81. The second-order valence-electron chi connectivity index (χ2n) is 7.19. The van der Waals surface area contributed by atoms with Gasteiger partial charge in [-0.05, 0) is 37.6 Å². The average molecular weight is 369 g/mol. The topological polar surface area (TPSA) is 70.5 Å². The van der Waals surface area contributed by atoms with Crippen LogP contribution < -0.4 is 5.32 Å². The Hall–Kier alpha value is -2.67. The number of benzene rings is 1. The molecule has 2 heterocycles. The fraction of sp³-hybridized carbons (Fsp3) is 0.450. The maximum absolute atomic E-state index is 12.7. The molecule has 1 fully saturated rings. The first-order valence-corrected chi connectivity index (χ1v) is 9.38. The summed E-state index contributed by atoms with van der Waals surface area (Å²) in [6, 6.07) is 9.75. The fourth-order valence-electron chi connectivity index (χ4n) is 3.20. The number of amides is 2. The Labute approximate surface area is 159 Å². The highest BCUT2D eigenvalue weighted by Gasteiger charge is 2.23. The van der Waals surface area contributed by atoms with Gasteiger partial charge in [0.2, 0.25) is 5.91 Å². The van der Waals surface area contributed by atoms with Gasteiger partial charge in [0.1, 0.15) is 0 Å². The Morgan fingerprint density at radius 1 is 1.11 bits per heavy atom. The molecule has 0 aliphatic carbocycles. The van der Waals surface area contributed by atoms with Gasteiger partial charge in [-0.15, -0.1) is 0 Å². The maximum Gasteiger partial charge on any atom is 0.253 e. The van der Waals surface area contributed by atoms with Crippen molar-refractivity contribution >= 4 is 11.8 Å². The summed E-state index contributed by atoms with van der Waals surface area (Å²) in [5, 5.41) is 7.10. The summed E-state index contributed by atoms with van der Waals surface area (Å²) in [6.45, 7) is 7.71. The summed E-state index contributed by atoms with van der Waals surface area (Å²) in [5.74, 6) is 0.0875. The zero-order valence-electron chi connectivity index (χ0n) is 16.0. The lowest BCUT2D eigenvalue weighted by molar-refractivity contribution is -0.123. The van der Waals surface area contributed by atoms with Crippen LogP contribution in [-0.2, 0) is 11.3 Å². The first-order valence-electron chi connectivity index (χ1n) is 9.38. The molecule has 0 radical (unpaired) electrons. The number of hydrogen-bond donors (Lipinski definition) is 1. The zero-order valence-corrected chi connectivity index (χ0v) is 16.0. The summed E-state index contributed by atoms with van der Waals surface area (Å²) < 4.78 is 1.85. The summed E-state index contributed by atoms with van der Waals surface area (Å²) >= 11 is 0. The van der Waals surface area contributed by atoms with Crippen molar-refractivity contribution in [2.45, 2.75) is 26.4 Å². The van der Waals surface area contributed by atoms with Gasteiger partial charge >= 0.3 is 0 Å². The van der Waals surface area contributed by atoms with Crippen molar-refractivity contribution in [2.75, 3.05) is 32.7 Å². The third-order valence-electron chi connectivity index (χ3n) is 4.58. The van der Waals surface area contributed by atoms with Crippen LogP contribution in [0.3, 0.4) is 0 Å². The van der Waals surface area contributed by atoms with E-state index in [9.17, 15) is 9.59 Å². The molecule has 3 rings (SSSR count). The second kappa shape index (κ2) is 8.81. The summed E-state index contributed by atoms with van der Waals surface area (Å²) in [4.78, 5) is 28.5. The molecule has 1 aromatic heterocycles. The lowest BCUT2D eigenvalue weighted by atomic mass is 10.1. The van der Waals surface area contributed by atoms with Crippen molar-refractivity contribution in [3.05, 3.63) is 53.9 Å². The van der Waals surface area contributed by atoms with Gasteiger partial charge in [0.15, 0.2) is 0 Å². The van der Waals surface area contributed by atoms with E-state index in [0.717, 1.165) is 5.56 Å². The molecule has 0 bridgehead atoms. The van der Waals surface area contributed by atoms with Gasteiger partial charge < -0.3 is 10.2 Å². The van der Waals surface area contributed by atoms with Gasteiger partial charge in [0.25, 0.3) is 5.91 Å². The summed E-state index contributed by atoms with van der Waals surface area (Å²) in [7, 11) is 0. The standard InChI is InChI=1S/C20H27N5O2/c1-16(2)22-19(26)15-23-10-12-24(13-11-23)20(27)18-6-4-17(5-7-18)14-25-9-3-8-21-25/h3-9,16H,10-15H2,1-2H3,(H,22,26). The highest BCUT2D eigenvalue weighted by Crippen LogP contribution is 2.11. The molecule has 1 aromatic carbocycles. The SMILES string of the molecule is CC(C)NC(=O)CN1CCN(C(=O)c2ccc(Cn3cccn3)cc2)CC1. The number of nitrogens with zero attached hydrogens (tertiary/aromatic N) is 4. The molecule has 0 spiro atoms. The molecule has 7 heteroatoms. The number of nitrogens with one attached hydrogen (secondary N) is 1. The molecular formula is C20H27N5O2. The van der Waals surface area contributed by atoms with E-state index in [1.54, 1.807) is 6.20 Å². The van der Waals surface area contributed by atoms with E-state index < -0.39 is 0 Å². The molecule has 27 heavy (non-hydrogen) atoms. The van der Waals surface area contributed by atoms with Gasteiger partial charge in [0, 0.05) is 50.2 Å². The van der Waals surface area contributed by atoms with Crippen LogP contribution in [0.15, 0.2) is 42.7 Å². The Bertz CT molecular complexity index is 747. The highest BCUT2D eigenvalue weighted by molar-refractivity contribution is 5.94. The van der Waals surface area contributed by atoms with Crippen LogP contribution in [0.4, 0.5) is 0 Å². The number of carbonyl (C=O) groups is 2. The number of piperazine rings is 1. The predicted molar refractivity (Wildman–Crippen MR) is 103 cm³/mol. The van der Waals surface area contributed by atoms with Crippen molar-refractivity contribution in [1.82, 2.24) is 24.9 Å². The predicted octanol–water partition coefficient (Wildman–Crippen LogP) is 1.21. The van der Waals surface area contributed by atoms with Crippen molar-refractivity contribution in [2.24, 2.45) is 0 Å². The quantitative estimate of drug-likeness (QED) is 0.831. The molecule has 0 saturated carbocycles. The number of hydrogen-bond acceptors (Lipinski definition) is 4. The third-order valence-corrected chi connectivity index (χ3v) is 4.58. The Kier molecular flexibility index (Phi) is 6.24. The minimum atomic E-state index is 0.0394. The molecule has 0 atom stereocenters. The lowest BCUT2D eigenvalue weighted by Gasteiger charge is -2.34. The monoisotopic (exact) mass is 369 g/mol. The molecule has 7 nitrogen and oxygen atoms in total. The van der Waals surface area contributed by atoms with Crippen LogP contribution in [0.1, 0.15) is 29.8 Å². The molecule has 0 unspecified atom stereocenters. The molecule has 1 saturated heterocycles. The fourth-order valence-corrected chi connectivity index (χ4v) is 3.20. The Balaban J connectivity index is 1.49. The van der Waals surface area contributed by atoms with E-state index >= 15 is 0 Å². The van der Waals surface area contributed by atoms with Crippen LogP contribution in [0.25, 0.3) is 0 Å². The van der Waals surface area contributed by atoms with Crippen molar-refractivity contribution in [1.29, 1.82) is 0 Å². The Morgan fingerprint density at radius 3 is 2.41 bits per heavy atom. The molecule has 1 N–H and O–H groups in total. The average Bonchev–Trinajstić information content (AvgIpc) is 3.15. The number of aromatic nitrogens is 2. The molecule has 2 amide bonds. The summed E-state index contributed by atoms with van der Waals surface area (Å²) in [6.07, 6.45) is 3.67. The Morgan fingerprint density at radius 2 is 1.81 bits per heavy atom. The van der Waals surface area contributed by atoms with E-state index in [1.165, 1.54) is 0 Å². The number of carbonyl (C=O) groups excluding carboxylic acids is 2. The van der Waals surface area contributed by atoms with Crippen LogP contribution in [0, 0.1) is 0 Å². The first kappa shape index (κ1) is 19.1. The van der Waals surface area contributed by atoms with Crippen LogP contribution in [0.5, 0.6) is 0 Å². The van der Waals surface area contributed by atoms with E-state index in [0.29, 0.717) is 44.8 Å². The van der Waals surface area contributed by atoms with Gasteiger partial charge in [-0.1, -0.05) is 12.1 Å². The first-order chi connectivity index (χ1) is 13.0. The van der Waals surface area contributed by atoms with Crippen LogP contribution >= 0.6 is 0 Å². The lowest BCUT2D eigenvalue weighted by Crippen LogP contribution is -2.51. The van der Waals surface area contributed by atoms with E-state index in [2.05, 4.69) is 15.3 Å². The van der Waals surface area contributed by atoms with Crippen molar-refractivity contribution in [3.8, 4) is 0 Å².